The predicted octanol–water partition coefficient (Wildman–Crippen LogP) is 0.870. The summed E-state index contributed by atoms with van der Waals surface area (Å²) in [7, 11) is -0.432. The molecule has 16 heavy (non-hydrogen) atoms. The summed E-state index contributed by atoms with van der Waals surface area (Å²) in [5.74, 6) is -0.537. The quantitative estimate of drug-likeness (QED) is 0.613. The molecule has 0 spiro atoms. The van der Waals surface area contributed by atoms with E-state index in [-0.39, 0.29) is 17.1 Å². The SMILES string of the molecule is COC(=O)CNS(=O)c1ccccc1N=O. The van der Waals surface area contributed by atoms with Crippen molar-refractivity contribution in [1.29, 1.82) is 0 Å². The first-order valence-electron chi connectivity index (χ1n) is 4.33. The maximum atomic E-state index is 11.6. The Hall–Kier alpha value is -1.60. The molecule has 1 rings (SSSR count). The zero-order chi connectivity index (χ0) is 12.0. The van der Waals surface area contributed by atoms with E-state index < -0.39 is 17.0 Å². The summed E-state index contributed by atoms with van der Waals surface area (Å²) in [5, 5.41) is 2.74. The van der Waals surface area contributed by atoms with Crippen LogP contribution in [-0.2, 0) is 20.5 Å². The molecule has 86 valence electrons. The van der Waals surface area contributed by atoms with Crippen LogP contribution in [0, 0.1) is 4.91 Å². The number of esters is 1. The summed E-state index contributed by atoms with van der Waals surface area (Å²) in [6.07, 6.45) is 0. The number of nitrogens with zero attached hydrogens (tertiary/aromatic N) is 1. The normalized spacial score (nSPS) is 11.8. The number of nitrogens with one attached hydrogen (secondary N) is 1. The van der Waals surface area contributed by atoms with Crippen molar-refractivity contribution in [1.82, 2.24) is 4.72 Å². The number of benzene rings is 1. The van der Waals surface area contributed by atoms with Crippen LogP contribution in [0.25, 0.3) is 0 Å². The van der Waals surface area contributed by atoms with Crippen molar-refractivity contribution in [3.63, 3.8) is 0 Å². The van der Waals surface area contributed by atoms with E-state index in [4.69, 9.17) is 0 Å². The molecule has 0 aliphatic heterocycles. The van der Waals surface area contributed by atoms with E-state index in [0.29, 0.717) is 0 Å². The third-order valence-electron chi connectivity index (χ3n) is 1.74. The van der Waals surface area contributed by atoms with Gasteiger partial charge in [-0.15, -0.1) is 4.91 Å². The fraction of sp³-hybridized carbons (Fsp3) is 0.222. The van der Waals surface area contributed by atoms with Crippen LogP contribution in [0.3, 0.4) is 0 Å². The van der Waals surface area contributed by atoms with Gasteiger partial charge in [0.05, 0.1) is 12.0 Å². The molecular weight excluding hydrogens is 232 g/mol. The first-order chi connectivity index (χ1) is 7.69. The second kappa shape index (κ2) is 6.09. The monoisotopic (exact) mass is 242 g/mol. The number of methoxy groups -OCH3 is 1. The average molecular weight is 242 g/mol. The van der Waals surface area contributed by atoms with Crippen molar-refractivity contribution < 1.29 is 13.7 Å². The molecule has 1 unspecified atom stereocenters. The largest absolute Gasteiger partial charge is 0.468 e. The van der Waals surface area contributed by atoms with Gasteiger partial charge in [0, 0.05) is 0 Å². The highest BCUT2D eigenvalue weighted by atomic mass is 32.2. The Morgan fingerprint density at radius 3 is 2.81 bits per heavy atom. The Kier molecular flexibility index (Phi) is 4.74. The first-order valence-corrected chi connectivity index (χ1v) is 5.48. The predicted molar refractivity (Wildman–Crippen MR) is 58.3 cm³/mol. The molecule has 0 aromatic heterocycles. The van der Waals surface area contributed by atoms with Crippen LogP contribution in [0.4, 0.5) is 5.69 Å². The number of hydrogen-bond acceptors (Lipinski definition) is 5. The van der Waals surface area contributed by atoms with Gasteiger partial charge in [-0.2, -0.15) is 0 Å². The van der Waals surface area contributed by atoms with E-state index in [2.05, 4.69) is 14.6 Å². The van der Waals surface area contributed by atoms with Crippen molar-refractivity contribution in [2.45, 2.75) is 4.90 Å². The van der Waals surface area contributed by atoms with E-state index in [0.717, 1.165) is 0 Å². The molecule has 0 fully saturated rings. The van der Waals surface area contributed by atoms with Gasteiger partial charge in [-0.05, 0) is 17.3 Å². The highest BCUT2D eigenvalue weighted by Crippen LogP contribution is 2.20. The zero-order valence-electron chi connectivity index (χ0n) is 8.50. The van der Waals surface area contributed by atoms with Gasteiger partial charge in [0.2, 0.25) is 0 Å². The second-order valence-electron chi connectivity index (χ2n) is 2.72. The molecule has 1 atom stereocenters. The third-order valence-corrected chi connectivity index (χ3v) is 2.89. The molecule has 0 saturated heterocycles. The van der Waals surface area contributed by atoms with Crippen LogP contribution in [0.5, 0.6) is 0 Å². The van der Waals surface area contributed by atoms with Gasteiger partial charge >= 0.3 is 5.97 Å². The lowest BCUT2D eigenvalue weighted by Gasteiger charge is -2.04. The van der Waals surface area contributed by atoms with E-state index >= 15 is 0 Å². The van der Waals surface area contributed by atoms with Crippen molar-refractivity contribution in [3.05, 3.63) is 29.2 Å². The van der Waals surface area contributed by atoms with E-state index in [1.54, 1.807) is 12.1 Å². The Bertz CT molecular complexity index is 422. The molecule has 0 saturated carbocycles. The fourth-order valence-electron chi connectivity index (χ4n) is 0.964. The highest BCUT2D eigenvalue weighted by molar-refractivity contribution is 7.83. The maximum Gasteiger partial charge on any atom is 0.320 e. The summed E-state index contributed by atoms with van der Waals surface area (Å²) in [5.41, 5.74) is 0.0817. The molecule has 7 heteroatoms. The number of ether oxygens (including phenoxy) is 1. The van der Waals surface area contributed by atoms with E-state index in [1.807, 2.05) is 0 Å². The molecule has 6 nitrogen and oxygen atoms in total. The minimum atomic E-state index is -1.66. The lowest BCUT2D eigenvalue weighted by atomic mass is 10.3. The minimum Gasteiger partial charge on any atom is -0.468 e. The van der Waals surface area contributed by atoms with Gasteiger partial charge in [-0.1, -0.05) is 12.1 Å². The molecule has 1 N–H and O–H groups in total. The summed E-state index contributed by atoms with van der Waals surface area (Å²) in [6, 6.07) is 6.18. The lowest BCUT2D eigenvalue weighted by molar-refractivity contribution is -0.139. The van der Waals surface area contributed by atoms with Crippen LogP contribution < -0.4 is 4.72 Å². The fourth-order valence-corrected chi connectivity index (χ4v) is 1.87. The van der Waals surface area contributed by atoms with Crippen LogP contribution in [0.2, 0.25) is 0 Å². The van der Waals surface area contributed by atoms with Gasteiger partial charge in [0.25, 0.3) is 0 Å². The van der Waals surface area contributed by atoms with Crippen LogP contribution in [0.1, 0.15) is 0 Å². The smallest absolute Gasteiger partial charge is 0.320 e. The minimum absolute atomic E-state index is 0.0817. The molecule has 1 aromatic rings. The van der Waals surface area contributed by atoms with Crippen LogP contribution in [-0.4, -0.2) is 23.8 Å². The average Bonchev–Trinajstić information content (AvgIpc) is 2.35. The number of hydrogen-bond donors (Lipinski definition) is 1. The van der Waals surface area contributed by atoms with Crippen LogP contribution >= 0.6 is 0 Å². The number of rotatable bonds is 5. The number of carbonyl (C=O) groups excluding carboxylic acids is 1. The molecule has 0 heterocycles. The standard InChI is InChI=1S/C9H10N2O4S/c1-15-9(12)6-10-16(14)8-5-3-2-4-7(8)11-13/h2-5,10H,6H2,1H3. The van der Waals surface area contributed by atoms with Gasteiger partial charge in [-0.3, -0.25) is 4.79 Å². The molecule has 1 aromatic carbocycles. The summed E-state index contributed by atoms with van der Waals surface area (Å²) < 4.78 is 18.4. The Morgan fingerprint density at radius 2 is 2.19 bits per heavy atom. The third kappa shape index (κ3) is 3.21. The van der Waals surface area contributed by atoms with Gasteiger partial charge in [0.15, 0.2) is 0 Å². The summed E-state index contributed by atoms with van der Waals surface area (Å²) >= 11 is 0. The molecule has 0 aliphatic rings. The zero-order valence-corrected chi connectivity index (χ0v) is 9.32. The van der Waals surface area contributed by atoms with Gasteiger partial charge < -0.3 is 4.74 Å². The molecular formula is C9H10N2O4S. The van der Waals surface area contributed by atoms with Crippen LogP contribution in [0.15, 0.2) is 34.3 Å². The number of nitroso groups, excluding NO2 is 1. The Labute approximate surface area is 94.6 Å². The molecule has 0 bridgehead atoms. The Balaban J connectivity index is 2.73. The van der Waals surface area contributed by atoms with Crippen molar-refractivity contribution in [2.24, 2.45) is 5.18 Å². The van der Waals surface area contributed by atoms with Gasteiger partial charge in [-0.25, -0.2) is 8.93 Å². The van der Waals surface area contributed by atoms with Crippen molar-refractivity contribution in [2.75, 3.05) is 13.7 Å². The Morgan fingerprint density at radius 1 is 1.50 bits per heavy atom. The molecule has 0 radical (unpaired) electrons. The summed E-state index contributed by atoms with van der Waals surface area (Å²) in [4.78, 5) is 21.5. The van der Waals surface area contributed by atoms with Gasteiger partial charge in [0.1, 0.15) is 23.2 Å². The second-order valence-corrected chi connectivity index (χ2v) is 3.99. The van der Waals surface area contributed by atoms with E-state index in [9.17, 15) is 13.9 Å². The summed E-state index contributed by atoms with van der Waals surface area (Å²) in [6.45, 7) is -0.198. The maximum absolute atomic E-state index is 11.6. The van der Waals surface area contributed by atoms with Crippen molar-refractivity contribution in [3.8, 4) is 0 Å². The number of carbonyl (C=O) groups is 1. The van der Waals surface area contributed by atoms with Crippen molar-refractivity contribution >= 4 is 22.6 Å². The lowest BCUT2D eigenvalue weighted by Crippen LogP contribution is -2.25. The molecule has 0 amide bonds. The first kappa shape index (κ1) is 12.5. The highest BCUT2D eigenvalue weighted by Gasteiger charge is 2.11. The van der Waals surface area contributed by atoms with E-state index in [1.165, 1.54) is 19.2 Å². The molecule has 0 aliphatic carbocycles. The topological polar surface area (TPSA) is 84.8 Å².